The molecule has 3 N–H and O–H groups in total. The van der Waals surface area contributed by atoms with Gasteiger partial charge >= 0.3 is 12.1 Å². The number of aliphatic hydroxyl groups is 1. The van der Waals surface area contributed by atoms with Crippen LogP contribution in [0.1, 0.15) is 5.56 Å². The number of nitrogen functional groups attached to an aromatic ring is 1. The molecule has 4 aromatic rings. The minimum Gasteiger partial charge on any atom is -0.449 e. The monoisotopic (exact) mass is 547 g/mol. The van der Waals surface area contributed by atoms with E-state index < -0.39 is 36.3 Å². The predicted octanol–water partition coefficient (Wildman–Crippen LogP) is 2.97. The molecule has 2 atom stereocenters. The number of nitrogens with two attached hydrogens (primary N) is 1. The number of aromatic nitrogens is 3. The number of halogens is 3. The van der Waals surface area contributed by atoms with E-state index >= 15 is 0 Å². The fraction of sp³-hybridized carbons (Fsp3) is 0.179. The first-order valence-electron chi connectivity index (χ1n) is 11.8. The number of hydrogen-bond acceptors (Lipinski definition) is 8. The molecular formula is C28H20F3N5O4. The zero-order valence-electron chi connectivity index (χ0n) is 20.8. The summed E-state index contributed by atoms with van der Waals surface area (Å²) < 4.78 is 42.7. The smallest absolute Gasteiger partial charge is 0.449 e. The van der Waals surface area contributed by atoms with E-state index in [2.05, 4.69) is 31.5 Å². The Hall–Kier alpha value is -5.02. The van der Waals surface area contributed by atoms with E-state index in [1.165, 1.54) is 13.4 Å². The number of likely N-dealkylation sites (tertiary alicyclic amines) is 1. The molecule has 1 amide bonds. The number of pyridine rings is 1. The number of fused-ring (bicyclic) bond motifs is 1. The van der Waals surface area contributed by atoms with E-state index in [1.807, 2.05) is 36.4 Å². The largest absolute Gasteiger partial charge is 0.490 e. The average Bonchev–Trinajstić information content (AvgIpc) is 3.15. The Morgan fingerprint density at radius 2 is 1.82 bits per heavy atom. The summed E-state index contributed by atoms with van der Waals surface area (Å²) in [5.41, 5.74) is 7.43. The third-order valence-electron chi connectivity index (χ3n) is 6.32. The summed E-state index contributed by atoms with van der Waals surface area (Å²) in [6.45, 7) is -0.460. The molecule has 0 bridgehead atoms. The molecule has 2 aromatic heterocycles. The number of likely N-dealkylation sites (N-methyl/N-ethyl adjacent to an activating group) is 1. The van der Waals surface area contributed by atoms with Crippen LogP contribution in [0.5, 0.6) is 0 Å². The van der Waals surface area contributed by atoms with Crippen LogP contribution in [0.4, 0.5) is 19.0 Å². The van der Waals surface area contributed by atoms with Crippen LogP contribution in [0, 0.1) is 11.8 Å². The number of amides is 1. The van der Waals surface area contributed by atoms with Crippen LogP contribution in [0.3, 0.4) is 0 Å². The molecule has 5 rings (SSSR count). The van der Waals surface area contributed by atoms with E-state index in [0.29, 0.717) is 27.9 Å². The van der Waals surface area contributed by atoms with Gasteiger partial charge in [0.25, 0.3) is 5.91 Å². The van der Waals surface area contributed by atoms with Crippen molar-refractivity contribution in [1.82, 2.24) is 19.9 Å². The second kappa shape index (κ2) is 9.94. The fourth-order valence-electron chi connectivity index (χ4n) is 4.31. The number of anilines is 1. The topological polar surface area (TPSA) is 132 Å². The number of carbonyl (C=O) groups excluding carboxylic acids is 2. The standard InChI is InChI=1S/C28H20F3N5O4/c1-36-14-21(40-26(38)28(29,30)31)27(39,25(36)37)11-10-16-6-5-9-18(12-16)20-13-19(17-7-3-2-4-8-17)22-23(35-20)24(32)34-15-33-22/h2-9,12-13,15,21,39H,14H2,1H3,(H2,32,33,34)/t21?,27-/m1/s1. The number of benzene rings is 2. The van der Waals surface area contributed by atoms with Crippen LogP contribution in [0.25, 0.3) is 33.4 Å². The van der Waals surface area contributed by atoms with Gasteiger partial charge in [0.1, 0.15) is 17.4 Å². The first-order valence-corrected chi connectivity index (χ1v) is 11.8. The molecule has 3 heterocycles. The van der Waals surface area contributed by atoms with Gasteiger partial charge in [0, 0.05) is 23.7 Å². The van der Waals surface area contributed by atoms with E-state index in [1.54, 1.807) is 24.3 Å². The highest BCUT2D eigenvalue weighted by Gasteiger charge is 2.56. The van der Waals surface area contributed by atoms with Crippen molar-refractivity contribution < 1.29 is 32.6 Å². The Labute approximate surface area is 225 Å². The average molecular weight is 547 g/mol. The molecule has 0 radical (unpaired) electrons. The molecule has 0 spiro atoms. The summed E-state index contributed by atoms with van der Waals surface area (Å²) in [6, 6.07) is 17.9. The van der Waals surface area contributed by atoms with Gasteiger partial charge in [0.05, 0.1) is 12.2 Å². The summed E-state index contributed by atoms with van der Waals surface area (Å²) >= 11 is 0. The van der Waals surface area contributed by atoms with E-state index in [0.717, 1.165) is 16.0 Å². The number of carbonyl (C=O) groups is 2. The highest BCUT2D eigenvalue weighted by atomic mass is 19.4. The van der Waals surface area contributed by atoms with Gasteiger partial charge in [0.15, 0.2) is 11.9 Å². The van der Waals surface area contributed by atoms with Gasteiger partial charge in [0.2, 0.25) is 5.60 Å². The van der Waals surface area contributed by atoms with Gasteiger partial charge in [-0.25, -0.2) is 19.7 Å². The normalized spacial score (nSPS) is 18.9. The Balaban J connectivity index is 1.54. The quantitative estimate of drug-likeness (QED) is 0.296. The van der Waals surface area contributed by atoms with Gasteiger partial charge in [-0.1, -0.05) is 48.4 Å². The van der Waals surface area contributed by atoms with E-state index in [4.69, 9.17) is 5.73 Å². The summed E-state index contributed by atoms with van der Waals surface area (Å²) in [5.74, 6) is 1.62. The Kier molecular flexibility index (Phi) is 6.60. The molecule has 1 aliphatic heterocycles. The predicted molar refractivity (Wildman–Crippen MR) is 138 cm³/mol. The number of ether oxygens (including phenoxy) is 1. The van der Waals surface area contributed by atoms with Crippen molar-refractivity contribution in [2.24, 2.45) is 0 Å². The highest BCUT2D eigenvalue weighted by molar-refractivity contribution is 5.98. The molecule has 202 valence electrons. The van der Waals surface area contributed by atoms with Crippen LogP contribution in [-0.4, -0.2) is 68.3 Å². The molecule has 12 heteroatoms. The lowest BCUT2D eigenvalue weighted by molar-refractivity contribution is -0.209. The van der Waals surface area contributed by atoms with Crippen LogP contribution in [0.15, 0.2) is 67.0 Å². The molecule has 1 aliphatic rings. The summed E-state index contributed by atoms with van der Waals surface area (Å²) in [5, 5.41) is 10.9. The van der Waals surface area contributed by atoms with Crippen molar-refractivity contribution in [1.29, 1.82) is 0 Å². The van der Waals surface area contributed by atoms with Crippen molar-refractivity contribution in [3.63, 3.8) is 0 Å². The molecule has 1 fully saturated rings. The highest BCUT2D eigenvalue weighted by Crippen LogP contribution is 2.33. The second-order valence-electron chi connectivity index (χ2n) is 9.05. The third kappa shape index (κ3) is 4.90. The number of rotatable bonds is 3. The molecular weight excluding hydrogens is 527 g/mol. The van der Waals surface area contributed by atoms with Gasteiger partial charge in [-0.05, 0) is 29.7 Å². The van der Waals surface area contributed by atoms with Gasteiger partial charge in [-0.3, -0.25) is 4.79 Å². The van der Waals surface area contributed by atoms with Gasteiger partial charge < -0.3 is 20.5 Å². The van der Waals surface area contributed by atoms with Crippen molar-refractivity contribution >= 4 is 28.7 Å². The summed E-state index contributed by atoms with van der Waals surface area (Å²) in [7, 11) is 1.25. The van der Waals surface area contributed by atoms with Crippen LogP contribution < -0.4 is 5.73 Å². The SMILES string of the molecule is CN1CC(OC(=O)C(F)(F)F)[C@](O)(C#Cc2cccc(-c3cc(-c4ccccc4)c4ncnc(N)c4n3)c2)C1=O. The lowest BCUT2D eigenvalue weighted by Gasteiger charge is -2.21. The number of hydrogen-bond donors (Lipinski definition) is 2. The molecule has 1 unspecified atom stereocenters. The second-order valence-corrected chi connectivity index (χ2v) is 9.05. The van der Waals surface area contributed by atoms with Crippen molar-refractivity contribution in [2.75, 3.05) is 19.3 Å². The first kappa shape index (κ1) is 26.6. The molecule has 40 heavy (non-hydrogen) atoms. The van der Waals surface area contributed by atoms with Gasteiger partial charge in [-0.2, -0.15) is 13.2 Å². The maximum Gasteiger partial charge on any atom is 0.490 e. The fourth-order valence-corrected chi connectivity index (χ4v) is 4.31. The Morgan fingerprint density at radius 3 is 2.55 bits per heavy atom. The Morgan fingerprint density at radius 1 is 1.10 bits per heavy atom. The van der Waals surface area contributed by atoms with Crippen LogP contribution in [0.2, 0.25) is 0 Å². The minimum absolute atomic E-state index is 0.186. The molecule has 0 saturated carbocycles. The number of nitrogens with zero attached hydrogens (tertiary/aromatic N) is 4. The lowest BCUT2D eigenvalue weighted by atomic mass is 9.98. The van der Waals surface area contributed by atoms with Crippen molar-refractivity contribution in [3.8, 4) is 34.2 Å². The molecule has 1 saturated heterocycles. The first-order chi connectivity index (χ1) is 19.0. The zero-order valence-corrected chi connectivity index (χ0v) is 20.8. The molecule has 2 aromatic carbocycles. The zero-order chi connectivity index (χ0) is 28.7. The Bertz CT molecular complexity index is 1700. The number of alkyl halides is 3. The maximum absolute atomic E-state index is 12.8. The molecule has 9 nitrogen and oxygen atoms in total. The summed E-state index contributed by atoms with van der Waals surface area (Å²) in [4.78, 5) is 37.9. The minimum atomic E-state index is -5.30. The van der Waals surface area contributed by atoms with E-state index in [9.17, 15) is 27.9 Å². The van der Waals surface area contributed by atoms with Crippen LogP contribution in [-0.2, 0) is 14.3 Å². The van der Waals surface area contributed by atoms with Crippen LogP contribution >= 0.6 is 0 Å². The number of esters is 1. The molecule has 0 aliphatic carbocycles. The third-order valence-corrected chi connectivity index (χ3v) is 6.32. The van der Waals surface area contributed by atoms with Crippen molar-refractivity contribution in [2.45, 2.75) is 17.9 Å². The van der Waals surface area contributed by atoms with E-state index in [-0.39, 0.29) is 5.82 Å². The van der Waals surface area contributed by atoms with Crippen molar-refractivity contribution in [3.05, 3.63) is 72.6 Å². The van der Waals surface area contributed by atoms with Gasteiger partial charge in [-0.15, -0.1) is 0 Å². The summed E-state index contributed by atoms with van der Waals surface area (Å²) in [6.07, 6.45) is -5.78. The lowest BCUT2D eigenvalue weighted by Crippen LogP contribution is -2.47. The maximum atomic E-state index is 12.8.